The van der Waals surface area contributed by atoms with E-state index >= 15 is 0 Å². The second-order valence-electron chi connectivity index (χ2n) is 5.09. The third kappa shape index (κ3) is 3.00. The Morgan fingerprint density at radius 3 is 2.39 bits per heavy atom. The van der Waals surface area contributed by atoms with E-state index < -0.39 is 18.2 Å². The Balaban J connectivity index is 1.83. The molecule has 1 amide bonds. The zero-order chi connectivity index (χ0) is 13.1. The molecule has 1 heterocycles. The minimum Gasteiger partial charge on any atom is -0.479 e. The summed E-state index contributed by atoms with van der Waals surface area (Å²) in [7, 11) is 0. The Morgan fingerprint density at radius 1 is 1.11 bits per heavy atom. The Bertz CT molecular complexity index is 334. The van der Waals surface area contributed by atoms with E-state index in [0.717, 1.165) is 25.7 Å². The molecule has 1 aliphatic heterocycles. The maximum Gasteiger partial charge on any atom is 0.332 e. The Morgan fingerprint density at radius 2 is 1.78 bits per heavy atom. The van der Waals surface area contributed by atoms with Crippen molar-refractivity contribution in [3.63, 3.8) is 0 Å². The molecule has 102 valence electrons. The second-order valence-corrected chi connectivity index (χ2v) is 5.09. The predicted octanol–water partition coefficient (Wildman–Crippen LogP) is 0.00470. The summed E-state index contributed by atoms with van der Waals surface area (Å²) in [6, 6.07) is -0.00176. The lowest BCUT2D eigenvalue weighted by atomic mass is 9.91. The van der Waals surface area contributed by atoms with Crippen LogP contribution in [0.1, 0.15) is 38.5 Å². The van der Waals surface area contributed by atoms with Crippen LogP contribution in [0.3, 0.4) is 0 Å². The van der Waals surface area contributed by atoms with Gasteiger partial charge in [-0.2, -0.15) is 0 Å². The normalized spacial score (nSPS) is 36.3. The maximum atomic E-state index is 11.9. The summed E-state index contributed by atoms with van der Waals surface area (Å²) >= 11 is 0. The fourth-order valence-electron chi connectivity index (χ4n) is 2.63. The quantitative estimate of drug-likeness (QED) is 0.660. The number of hydrogen-bond donors (Lipinski definition) is 3. The first-order valence-corrected chi connectivity index (χ1v) is 6.52. The van der Waals surface area contributed by atoms with E-state index in [1.54, 1.807) is 0 Å². The Labute approximate surface area is 106 Å². The van der Waals surface area contributed by atoms with E-state index in [-0.39, 0.29) is 18.0 Å². The van der Waals surface area contributed by atoms with Crippen LogP contribution in [0.4, 0.5) is 0 Å². The molecular formula is C12H20N2O4. The lowest BCUT2D eigenvalue weighted by Gasteiger charge is -2.30. The SMILES string of the molecule is NC1CCCCC1NC(=O)C1CCC(C(=O)O)O1. The number of amides is 1. The predicted molar refractivity (Wildman–Crippen MR) is 63.9 cm³/mol. The van der Waals surface area contributed by atoms with Crippen molar-refractivity contribution in [2.24, 2.45) is 5.73 Å². The molecule has 1 saturated heterocycles. The highest BCUT2D eigenvalue weighted by molar-refractivity contribution is 5.82. The van der Waals surface area contributed by atoms with Gasteiger partial charge in [-0.25, -0.2) is 4.79 Å². The summed E-state index contributed by atoms with van der Waals surface area (Å²) in [6.07, 6.45) is 3.36. The molecule has 18 heavy (non-hydrogen) atoms. The van der Waals surface area contributed by atoms with Gasteiger partial charge >= 0.3 is 5.97 Å². The molecule has 0 spiro atoms. The summed E-state index contributed by atoms with van der Waals surface area (Å²) in [5, 5.41) is 11.7. The van der Waals surface area contributed by atoms with Gasteiger partial charge in [0.05, 0.1) is 0 Å². The standard InChI is InChI=1S/C12H20N2O4/c13-7-3-1-2-4-8(7)14-11(15)9-5-6-10(18-9)12(16)17/h7-10H,1-6,13H2,(H,14,15)(H,16,17). The number of ether oxygens (including phenoxy) is 1. The number of nitrogens with one attached hydrogen (secondary N) is 1. The van der Waals surface area contributed by atoms with Crippen LogP contribution in [-0.2, 0) is 14.3 Å². The molecule has 4 unspecified atom stereocenters. The Kier molecular flexibility index (Phi) is 4.19. The molecule has 2 aliphatic rings. The van der Waals surface area contributed by atoms with Crippen molar-refractivity contribution in [1.29, 1.82) is 0 Å². The molecule has 2 fully saturated rings. The van der Waals surface area contributed by atoms with Crippen molar-refractivity contribution >= 4 is 11.9 Å². The third-order valence-electron chi connectivity index (χ3n) is 3.73. The van der Waals surface area contributed by atoms with Crippen molar-refractivity contribution in [3.05, 3.63) is 0 Å². The van der Waals surface area contributed by atoms with E-state index in [4.69, 9.17) is 15.6 Å². The average molecular weight is 256 g/mol. The van der Waals surface area contributed by atoms with Crippen molar-refractivity contribution in [3.8, 4) is 0 Å². The zero-order valence-corrected chi connectivity index (χ0v) is 10.3. The number of carboxylic acids is 1. The lowest BCUT2D eigenvalue weighted by molar-refractivity contribution is -0.152. The number of hydrogen-bond acceptors (Lipinski definition) is 4. The third-order valence-corrected chi connectivity index (χ3v) is 3.73. The molecule has 2 rings (SSSR count). The smallest absolute Gasteiger partial charge is 0.332 e. The number of carboxylic acid groups (broad SMARTS) is 1. The zero-order valence-electron chi connectivity index (χ0n) is 10.3. The summed E-state index contributed by atoms with van der Waals surface area (Å²) in [6.45, 7) is 0. The van der Waals surface area contributed by atoms with Crippen LogP contribution in [0, 0.1) is 0 Å². The largest absolute Gasteiger partial charge is 0.479 e. The molecule has 0 bridgehead atoms. The van der Waals surface area contributed by atoms with E-state index in [0.29, 0.717) is 12.8 Å². The van der Waals surface area contributed by atoms with Crippen molar-refractivity contribution in [1.82, 2.24) is 5.32 Å². The van der Waals surface area contributed by atoms with Gasteiger partial charge < -0.3 is 20.9 Å². The first-order valence-electron chi connectivity index (χ1n) is 6.52. The highest BCUT2D eigenvalue weighted by Gasteiger charge is 2.36. The molecule has 6 heteroatoms. The molecule has 4 atom stereocenters. The number of aliphatic carboxylic acids is 1. The summed E-state index contributed by atoms with van der Waals surface area (Å²) in [5.41, 5.74) is 5.95. The van der Waals surface area contributed by atoms with Crippen LogP contribution < -0.4 is 11.1 Å². The maximum absolute atomic E-state index is 11.9. The topological polar surface area (TPSA) is 102 Å². The first-order chi connectivity index (χ1) is 8.58. The summed E-state index contributed by atoms with van der Waals surface area (Å²) in [4.78, 5) is 22.7. The lowest BCUT2D eigenvalue weighted by Crippen LogP contribution is -2.51. The fraction of sp³-hybridized carbons (Fsp3) is 0.833. The molecule has 0 radical (unpaired) electrons. The van der Waals surface area contributed by atoms with Gasteiger partial charge in [-0.3, -0.25) is 4.79 Å². The fourth-order valence-corrected chi connectivity index (χ4v) is 2.63. The number of nitrogens with two attached hydrogens (primary N) is 1. The van der Waals surface area contributed by atoms with Gasteiger partial charge in [-0.15, -0.1) is 0 Å². The van der Waals surface area contributed by atoms with E-state index in [9.17, 15) is 9.59 Å². The number of carbonyl (C=O) groups excluding carboxylic acids is 1. The van der Waals surface area contributed by atoms with Gasteiger partial charge in [0.1, 0.15) is 6.10 Å². The van der Waals surface area contributed by atoms with Crippen LogP contribution in [0.5, 0.6) is 0 Å². The van der Waals surface area contributed by atoms with Gasteiger partial charge in [0.25, 0.3) is 0 Å². The highest BCUT2D eigenvalue weighted by atomic mass is 16.5. The first kappa shape index (κ1) is 13.3. The molecule has 1 aliphatic carbocycles. The molecule has 0 aromatic carbocycles. The van der Waals surface area contributed by atoms with Gasteiger partial charge in [0.2, 0.25) is 5.91 Å². The van der Waals surface area contributed by atoms with Crippen LogP contribution >= 0.6 is 0 Å². The van der Waals surface area contributed by atoms with Crippen LogP contribution in [0.15, 0.2) is 0 Å². The average Bonchev–Trinajstić information content (AvgIpc) is 2.81. The van der Waals surface area contributed by atoms with Gasteiger partial charge in [-0.05, 0) is 25.7 Å². The molecule has 0 aromatic rings. The van der Waals surface area contributed by atoms with Crippen molar-refractivity contribution in [2.75, 3.05) is 0 Å². The highest BCUT2D eigenvalue weighted by Crippen LogP contribution is 2.22. The molecule has 6 nitrogen and oxygen atoms in total. The van der Waals surface area contributed by atoms with Gasteiger partial charge in [0.15, 0.2) is 6.10 Å². The summed E-state index contributed by atoms with van der Waals surface area (Å²) < 4.78 is 5.21. The van der Waals surface area contributed by atoms with E-state index in [2.05, 4.69) is 5.32 Å². The van der Waals surface area contributed by atoms with E-state index in [1.807, 2.05) is 0 Å². The molecule has 0 aromatic heterocycles. The molecular weight excluding hydrogens is 236 g/mol. The second kappa shape index (κ2) is 5.67. The minimum atomic E-state index is -1.00. The number of carbonyl (C=O) groups is 2. The number of rotatable bonds is 3. The molecule has 4 N–H and O–H groups in total. The van der Waals surface area contributed by atoms with Crippen LogP contribution in [0.25, 0.3) is 0 Å². The van der Waals surface area contributed by atoms with Crippen LogP contribution in [-0.4, -0.2) is 41.3 Å². The van der Waals surface area contributed by atoms with Crippen molar-refractivity contribution in [2.45, 2.75) is 62.8 Å². The molecule has 1 saturated carbocycles. The van der Waals surface area contributed by atoms with Crippen LogP contribution in [0.2, 0.25) is 0 Å². The summed E-state index contributed by atoms with van der Waals surface area (Å²) in [5.74, 6) is -1.22. The van der Waals surface area contributed by atoms with Gasteiger partial charge in [-0.1, -0.05) is 12.8 Å². The monoisotopic (exact) mass is 256 g/mol. The van der Waals surface area contributed by atoms with E-state index in [1.165, 1.54) is 0 Å². The minimum absolute atomic E-state index is 0.000580. The van der Waals surface area contributed by atoms with Gasteiger partial charge in [0, 0.05) is 12.1 Å². The Hall–Kier alpha value is -1.14. The van der Waals surface area contributed by atoms with Crippen molar-refractivity contribution < 1.29 is 19.4 Å².